The predicted octanol–water partition coefficient (Wildman–Crippen LogP) is -3.74. The van der Waals surface area contributed by atoms with Crippen LogP contribution in [0, 0.1) is 0 Å². The quantitative estimate of drug-likeness (QED) is 0.109. The van der Waals surface area contributed by atoms with Crippen molar-refractivity contribution in [2.75, 3.05) is 25.2 Å². The van der Waals surface area contributed by atoms with Crippen LogP contribution in [0.3, 0.4) is 0 Å². The van der Waals surface area contributed by atoms with Gasteiger partial charge in [-0.3, -0.25) is 32.8 Å². The molecule has 5 rings (SSSR count). The number of nitrogens with one attached hydrogen (secondary N) is 1. The number of nitrogen functional groups attached to an aromatic ring is 2. The number of aliphatic hydroxyl groups is 3. The highest BCUT2D eigenvalue weighted by molar-refractivity contribution is 7.47. The van der Waals surface area contributed by atoms with Crippen LogP contribution in [0.1, 0.15) is 22.9 Å². The first-order valence-corrected chi connectivity index (χ1v) is 13.2. The van der Waals surface area contributed by atoms with E-state index in [9.17, 15) is 34.4 Å². The average molecular weight is 603 g/mol. The third-order valence-electron chi connectivity index (χ3n) is 6.46. The summed E-state index contributed by atoms with van der Waals surface area (Å²) in [5.74, 6) is -1.43. The molecule has 3 aromatic heterocycles. The summed E-state index contributed by atoms with van der Waals surface area (Å²) in [4.78, 5) is 48.0. The molecule has 2 saturated heterocycles. The number of amides is 1. The largest absolute Gasteiger partial charge is 0.472 e. The minimum absolute atomic E-state index is 0.0803. The molecule has 5 heterocycles. The Morgan fingerprint density at radius 2 is 1.83 bits per heavy atom. The molecule has 0 aromatic carbocycles. The van der Waals surface area contributed by atoms with Gasteiger partial charge in [0, 0.05) is 7.11 Å². The van der Waals surface area contributed by atoms with E-state index in [-0.39, 0.29) is 28.6 Å². The number of aliphatic hydroxyl groups excluding tert-OH is 3. The fourth-order valence-electron chi connectivity index (χ4n) is 4.49. The number of aromatic nitrogens is 6. The van der Waals surface area contributed by atoms with E-state index in [0.717, 1.165) is 21.8 Å². The first-order valence-electron chi connectivity index (χ1n) is 11.7. The number of methoxy groups -OCH3 is 1. The van der Waals surface area contributed by atoms with Crippen molar-refractivity contribution >= 4 is 36.7 Å². The Morgan fingerprint density at radius 1 is 1.12 bits per heavy atom. The van der Waals surface area contributed by atoms with Crippen LogP contribution in [0.25, 0.3) is 11.2 Å². The number of carbonyl (C=O) groups excluding carboxylic acids is 1. The van der Waals surface area contributed by atoms with Crippen LogP contribution in [0.2, 0.25) is 0 Å². The van der Waals surface area contributed by atoms with Gasteiger partial charge >= 0.3 is 7.82 Å². The van der Waals surface area contributed by atoms with Gasteiger partial charge < -0.3 is 51.6 Å². The fraction of sp³-hybridized carbons (Fsp3) is 0.526. The average Bonchev–Trinajstić information content (AvgIpc) is 3.64. The number of phosphoric acid groups is 1. The van der Waals surface area contributed by atoms with Crippen molar-refractivity contribution in [2.45, 2.75) is 49.3 Å². The Labute approximate surface area is 228 Å². The number of hydrogen-bond acceptors (Lipinski definition) is 16. The standard InChI is InChI=1S/C19H26N9O12P/c1-36-18-10(31)11(17(39-18)28-4-24-7-14(28)25-19(22)26-15(7)33)40-41(34,35)37-2-5-8(29)9(30)16(38-5)27-3-23-6(12(27)20)13(21)32/h3-5,8-11,16-18,29-31H,2,20H2,1H3,(H2,21,32)(H,34,35)(H3,22,25,26,33)/t5-,8?,9?,10?,11?,16-,17-,18+/m1/s1. The summed E-state index contributed by atoms with van der Waals surface area (Å²) in [7, 11) is -3.86. The van der Waals surface area contributed by atoms with Gasteiger partial charge in [0.2, 0.25) is 5.95 Å². The molecule has 224 valence electrons. The number of phosphoric ester groups is 1. The Morgan fingerprint density at radius 3 is 2.49 bits per heavy atom. The predicted molar refractivity (Wildman–Crippen MR) is 131 cm³/mol. The number of fused-ring (bicyclic) bond motifs is 1. The van der Waals surface area contributed by atoms with E-state index >= 15 is 0 Å². The summed E-state index contributed by atoms with van der Waals surface area (Å²) >= 11 is 0. The maximum absolute atomic E-state index is 12.9. The molecular weight excluding hydrogens is 577 g/mol. The number of primary amides is 1. The monoisotopic (exact) mass is 603 g/mol. The third kappa shape index (κ3) is 5.19. The van der Waals surface area contributed by atoms with Crippen LogP contribution in [0.5, 0.6) is 0 Å². The minimum atomic E-state index is -5.06. The van der Waals surface area contributed by atoms with E-state index in [1.165, 1.54) is 7.11 Å². The molecule has 0 aliphatic carbocycles. The summed E-state index contributed by atoms with van der Waals surface area (Å²) in [6.45, 7) is -0.788. The zero-order valence-corrected chi connectivity index (χ0v) is 21.8. The Hall–Kier alpha value is -3.50. The number of carbonyl (C=O) groups is 1. The number of nitrogens with zero attached hydrogens (tertiary/aromatic N) is 5. The van der Waals surface area contributed by atoms with E-state index in [1.807, 2.05) is 0 Å². The Balaban J connectivity index is 1.32. The Bertz CT molecular complexity index is 1560. The molecule has 5 unspecified atom stereocenters. The first kappa shape index (κ1) is 29.0. The zero-order chi connectivity index (χ0) is 29.8. The molecule has 2 aliphatic rings. The lowest BCUT2D eigenvalue weighted by atomic mass is 10.1. The van der Waals surface area contributed by atoms with Crippen LogP contribution >= 0.6 is 7.82 Å². The lowest BCUT2D eigenvalue weighted by molar-refractivity contribution is -0.160. The second kappa shape index (κ2) is 10.7. The van der Waals surface area contributed by atoms with E-state index in [4.69, 9.17) is 40.5 Å². The Kier molecular flexibility index (Phi) is 7.59. The molecule has 2 aliphatic heterocycles. The second-order valence-electron chi connectivity index (χ2n) is 9.03. The number of imidazole rings is 2. The number of anilines is 2. The van der Waals surface area contributed by atoms with Crippen molar-refractivity contribution < 1.29 is 52.8 Å². The van der Waals surface area contributed by atoms with Crippen molar-refractivity contribution in [3.05, 3.63) is 28.7 Å². The van der Waals surface area contributed by atoms with Gasteiger partial charge in [-0.1, -0.05) is 0 Å². The number of aromatic amines is 1. The topological polar surface area (TPSA) is 321 Å². The van der Waals surface area contributed by atoms with Gasteiger partial charge in [-0.25, -0.2) is 14.5 Å². The second-order valence-corrected chi connectivity index (χ2v) is 10.4. The number of hydrogen-bond donors (Lipinski definition) is 8. The fourth-order valence-corrected chi connectivity index (χ4v) is 5.43. The van der Waals surface area contributed by atoms with Gasteiger partial charge in [0.15, 0.2) is 35.6 Å². The minimum Gasteiger partial charge on any atom is -0.387 e. The van der Waals surface area contributed by atoms with Gasteiger partial charge in [0.25, 0.3) is 11.5 Å². The summed E-state index contributed by atoms with van der Waals surface area (Å²) in [5.41, 5.74) is 15.4. The van der Waals surface area contributed by atoms with Gasteiger partial charge in [-0.2, -0.15) is 4.98 Å². The van der Waals surface area contributed by atoms with Gasteiger partial charge in [-0.15, -0.1) is 0 Å². The maximum Gasteiger partial charge on any atom is 0.472 e. The van der Waals surface area contributed by atoms with E-state index in [1.54, 1.807) is 0 Å². The van der Waals surface area contributed by atoms with Crippen molar-refractivity contribution in [2.24, 2.45) is 5.73 Å². The molecule has 0 bridgehead atoms. The molecule has 41 heavy (non-hydrogen) atoms. The van der Waals surface area contributed by atoms with Crippen molar-refractivity contribution in [1.82, 2.24) is 29.1 Å². The highest BCUT2D eigenvalue weighted by Crippen LogP contribution is 2.50. The molecule has 0 spiro atoms. The summed E-state index contributed by atoms with van der Waals surface area (Å²) < 4.78 is 41.6. The number of rotatable bonds is 9. The van der Waals surface area contributed by atoms with Gasteiger partial charge in [0.1, 0.15) is 36.3 Å². The van der Waals surface area contributed by atoms with Gasteiger partial charge in [0.05, 0.1) is 19.3 Å². The molecular formula is C19H26N9O12P. The molecule has 22 heteroatoms. The summed E-state index contributed by atoms with van der Waals surface area (Å²) in [5, 5.41) is 31.6. The molecule has 21 nitrogen and oxygen atoms in total. The van der Waals surface area contributed by atoms with Crippen LogP contribution in [-0.4, -0.2) is 106 Å². The van der Waals surface area contributed by atoms with E-state index < -0.39 is 75.2 Å². The number of H-pyrrole nitrogens is 1. The molecule has 3 aromatic rings. The number of nitrogens with two attached hydrogens (primary N) is 3. The molecule has 2 fully saturated rings. The zero-order valence-electron chi connectivity index (χ0n) is 21.0. The highest BCUT2D eigenvalue weighted by atomic mass is 31.2. The van der Waals surface area contributed by atoms with E-state index in [0.29, 0.717) is 0 Å². The van der Waals surface area contributed by atoms with Crippen LogP contribution in [0.15, 0.2) is 17.4 Å². The normalized spacial score (nSPS) is 31.5. The lowest BCUT2D eigenvalue weighted by Gasteiger charge is -2.24. The van der Waals surface area contributed by atoms with Crippen molar-refractivity contribution in [1.29, 1.82) is 0 Å². The first-order chi connectivity index (χ1) is 19.3. The summed E-state index contributed by atoms with van der Waals surface area (Å²) in [6.07, 6.45) is -9.85. The molecule has 11 N–H and O–H groups in total. The SMILES string of the molecule is CO[C@H]1O[C@@H](n2cnc3c(=O)[nH]c(N)nc32)C(OP(=O)(O)OC[C@H]2O[C@@H](n3cnc(C(N)=O)c3N)C(O)C2O)C1O. The smallest absolute Gasteiger partial charge is 0.387 e. The van der Waals surface area contributed by atoms with E-state index in [2.05, 4.69) is 19.9 Å². The van der Waals surface area contributed by atoms with Crippen molar-refractivity contribution in [3.8, 4) is 0 Å². The third-order valence-corrected chi connectivity index (χ3v) is 7.45. The summed E-state index contributed by atoms with van der Waals surface area (Å²) in [6, 6.07) is 0. The van der Waals surface area contributed by atoms with Crippen LogP contribution < -0.4 is 22.8 Å². The number of ether oxygens (including phenoxy) is 3. The maximum atomic E-state index is 12.9. The molecule has 0 saturated carbocycles. The molecule has 1 amide bonds. The molecule has 9 atom stereocenters. The van der Waals surface area contributed by atoms with Gasteiger partial charge in [-0.05, 0) is 0 Å². The van der Waals surface area contributed by atoms with Crippen LogP contribution in [0.4, 0.5) is 11.8 Å². The molecule has 0 radical (unpaired) electrons. The lowest BCUT2D eigenvalue weighted by Crippen LogP contribution is -2.35. The van der Waals surface area contributed by atoms with Crippen LogP contribution in [-0.2, 0) is 27.8 Å². The highest BCUT2D eigenvalue weighted by Gasteiger charge is 2.51. The van der Waals surface area contributed by atoms with Crippen molar-refractivity contribution in [3.63, 3.8) is 0 Å².